The lowest BCUT2D eigenvalue weighted by Crippen LogP contribution is -2.27. The molecule has 0 spiro atoms. The molecule has 0 atom stereocenters. The van der Waals surface area contributed by atoms with Crippen LogP contribution in [0.2, 0.25) is 0 Å². The van der Waals surface area contributed by atoms with Gasteiger partial charge in [-0.3, -0.25) is 4.90 Å². The number of anilines is 1. The molecule has 112 valence electrons. The summed E-state index contributed by atoms with van der Waals surface area (Å²) in [5, 5.41) is 0. The van der Waals surface area contributed by atoms with Crippen molar-refractivity contribution in [3.63, 3.8) is 0 Å². The molecule has 2 aromatic carbocycles. The molecule has 0 aliphatic heterocycles. The Kier molecular flexibility index (Phi) is 6.08. The second-order valence-corrected chi connectivity index (χ2v) is 5.84. The minimum absolute atomic E-state index is 0.673. The van der Waals surface area contributed by atoms with Gasteiger partial charge < -0.3 is 10.5 Å². The Bertz CT molecular complexity index is 574. The molecule has 4 heteroatoms. The highest BCUT2D eigenvalue weighted by molar-refractivity contribution is 9.10. The predicted molar refractivity (Wildman–Crippen MR) is 91.4 cm³/mol. The van der Waals surface area contributed by atoms with Gasteiger partial charge >= 0.3 is 0 Å². The van der Waals surface area contributed by atoms with Gasteiger partial charge in [0.25, 0.3) is 0 Å². The molecule has 0 unspecified atom stereocenters. The van der Waals surface area contributed by atoms with Crippen LogP contribution in [-0.4, -0.2) is 24.6 Å². The fraction of sp³-hybridized carbons (Fsp3) is 0.294. The zero-order chi connectivity index (χ0) is 15.1. The summed E-state index contributed by atoms with van der Waals surface area (Å²) in [6.45, 7) is 5.59. The van der Waals surface area contributed by atoms with Crippen molar-refractivity contribution in [3.05, 3.63) is 58.6 Å². The molecule has 0 aliphatic rings. The average molecular weight is 349 g/mol. The van der Waals surface area contributed by atoms with E-state index in [0.717, 1.165) is 35.5 Å². The molecular formula is C17H21BrN2O. The summed E-state index contributed by atoms with van der Waals surface area (Å²) in [7, 11) is 0. The van der Waals surface area contributed by atoms with E-state index in [1.165, 1.54) is 5.56 Å². The van der Waals surface area contributed by atoms with E-state index in [2.05, 4.69) is 33.8 Å². The number of nitrogens with zero attached hydrogens (tertiary/aromatic N) is 1. The smallest absolute Gasteiger partial charge is 0.120 e. The Labute approximate surface area is 134 Å². The van der Waals surface area contributed by atoms with E-state index in [1.807, 2.05) is 42.5 Å². The summed E-state index contributed by atoms with van der Waals surface area (Å²) >= 11 is 3.45. The van der Waals surface area contributed by atoms with Crippen molar-refractivity contribution in [2.24, 2.45) is 0 Å². The molecule has 0 heterocycles. The van der Waals surface area contributed by atoms with Crippen molar-refractivity contribution in [2.75, 3.05) is 25.4 Å². The van der Waals surface area contributed by atoms with Crippen LogP contribution in [0.4, 0.5) is 5.69 Å². The van der Waals surface area contributed by atoms with Gasteiger partial charge in [-0.05, 0) is 42.4 Å². The first-order valence-corrected chi connectivity index (χ1v) is 7.92. The van der Waals surface area contributed by atoms with E-state index in [-0.39, 0.29) is 0 Å². The molecule has 3 nitrogen and oxygen atoms in total. The van der Waals surface area contributed by atoms with Gasteiger partial charge in [0.15, 0.2) is 0 Å². The molecule has 0 amide bonds. The second kappa shape index (κ2) is 8.05. The fourth-order valence-corrected chi connectivity index (χ4v) is 2.53. The minimum Gasteiger partial charge on any atom is -0.492 e. The van der Waals surface area contributed by atoms with Gasteiger partial charge in [-0.25, -0.2) is 0 Å². The number of nitrogen functional groups attached to an aromatic ring is 1. The molecule has 2 N–H and O–H groups in total. The van der Waals surface area contributed by atoms with Gasteiger partial charge in [-0.1, -0.05) is 41.1 Å². The Hall–Kier alpha value is -1.52. The highest BCUT2D eigenvalue weighted by atomic mass is 79.9. The van der Waals surface area contributed by atoms with Gasteiger partial charge in [-0.2, -0.15) is 0 Å². The van der Waals surface area contributed by atoms with Gasteiger partial charge in [0, 0.05) is 23.2 Å². The third-order valence-electron chi connectivity index (χ3n) is 3.28. The maximum Gasteiger partial charge on any atom is 0.120 e. The number of ether oxygens (including phenoxy) is 1. The Morgan fingerprint density at radius 2 is 1.95 bits per heavy atom. The van der Waals surface area contributed by atoms with Crippen molar-refractivity contribution >= 4 is 21.6 Å². The molecule has 2 rings (SSSR count). The molecule has 2 aromatic rings. The van der Waals surface area contributed by atoms with Gasteiger partial charge in [-0.15, -0.1) is 0 Å². The zero-order valence-electron chi connectivity index (χ0n) is 12.3. The number of hydrogen-bond donors (Lipinski definition) is 1. The number of benzene rings is 2. The topological polar surface area (TPSA) is 38.5 Å². The Balaban J connectivity index is 1.82. The molecule has 0 fully saturated rings. The number of hydrogen-bond acceptors (Lipinski definition) is 3. The first-order chi connectivity index (χ1) is 10.2. The number of likely N-dealkylation sites (N-methyl/N-ethyl adjacent to an activating group) is 1. The number of rotatable bonds is 7. The third kappa shape index (κ3) is 5.40. The maximum atomic E-state index is 5.82. The number of halogens is 1. The molecule has 0 aliphatic carbocycles. The first kappa shape index (κ1) is 15.9. The summed E-state index contributed by atoms with van der Waals surface area (Å²) in [6.07, 6.45) is 0. The molecule has 0 aromatic heterocycles. The molecule has 0 bridgehead atoms. The van der Waals surface area contributed by atoms with Crippen LogP contribution in [-0.2, 0) is 6.54 Å². The van der Waals surface area contributed by atoms with E-state index in [0.29, 0.717) is 6.61 Å². The van der Waals surface area contributed by atoms with Crippen LogP contribution >= 0.6 is 15.9 Å². The molecule has 21 heavy (non-hydrogen) atoms. The van der Waals surface area contributed by atoms with E-state index < -0.39 is 0 Å². The van der Waals surface area contributed by atoms with Crippen molar-refractivity contribution in [1.82, 2.24) is 4.90 Å². The average Bonchev–Trinajstić information content (AvgIpc) is 2.46. The standard InChI is InChI=1S/C17H21BrN2O/c1-2-20(13-14-5-3-7-16(19)11-14)9-10-21-17-8-4-6-15(18)12-17/h3-8,11-12H,2,9-10,13,19H2,1H3. The fourth-order valence-electron chi connectivity index (χ4n) is 2.15. The monoisotopic (exact) mass is 348 g/mol. The van der Waals surface area contributed by atoms with Crippen LogP contribution in [0.3, 0.4) is 0 Å². The summed E-state index contributed by atoms with van der Waals surface area (Å²) in [4.78, 5) is 2.34. The maximum absolute atomic E-state index is 5.82. The van der Waals surface area contributed by atoms with Gasteiger partial charge in [0.2, 0.25) is 0 Å². The quantitative estimate of drug-likeness (QED) is 0.770. The van der Waals surface area contributed by atoms with E-state index in [9.17, 15) is 0 Å². The SMILES string of the molecule is CCN(CCOc1cccc(Br)c1)Cc1cccc(N)c1. The summed E-state index contributed by atoms with van der Waals surface area (Å²) in [5.41, 5.74) is 7.87. The Morgan fingerprint density at radius 3 is 2.67 bits per heavy atom. The van der Waals surface area contributed by atoms with Crippen molar-refractivity contribution < 1.29 is 4.74 Å². The Morgan fingerprint density at radius 1 is 1.14 bits per heavy atom. The van der Waals surface area contributed by atoms with Gasteiger partial charge in [0.05, 0.1) is 0 Å². The largest absolute Gasteiger partial charge is 0.492 e. The second-order valence-electron chi connectivity index (χ2n) is 4.92. The van der Waals surface area contributed by atoms with Crippen LogP contribution in [0, 0.1) is 0 Å². The lowest BCUT2D eigenvalue weighted by Gasteiger charge is -2.20. The van der Waals surface area contributed by atoms with Crippen LogP contribution in [0.15, 0.2) is 53.0 Å². The first-order valence-electron chi connectivity index (χ1n) is 7.12. The lowest BCUT2D eigenvalue weighted by molar-refractivity contribution is 0.210. The predicted octanol–water partition coefficient (Wildman–Crippen LogP) is 3.93. The third-order valence-corrected chi connectivity index (χ3v) is 3.77. The van der Waals surface area contributed by atoms with Crippen molar-refractivity contribution in [3.8, 4) is 5.75 Å². The lowest BCUT2D eigenvalue weighted by atomic mass is 10.2. The molecule has 0 radical (unpaired) electrons. The van der Waals surface area contributed by atoms with Crippen LogP contribution < -0.4 is 10.5 Å². The van der Waals surface area contributed by atoms with Gasteiger partial charge in [0.1, 0.15) is 12.4 Å². The van der Waals surface area contributed by atoms with Crippen molar-refractivity contribution in [1.29, 1.82) is 0 Å². The molecular weight excluding hydrogens is 328 g/mol. The normalized spacial score (nSPS) is 10.8. The summed E-state index contributed by atoms with van der Waals surface area (Å²) in [5.74, 6) is 0.893. The number of nitrogens with two attached hydrogens (primary N) is 1. The van der Waals surface area contributed by atoms with E-state index >= 15 is 0 Å². The highest BCUT2D eigenvalue weighted by Gasteiger charge is 2.04. The molecule has 0 saturated heterocycles. The van der Waals surface area contributed by atoms with E-state index in [4.69, 9.17) is 10.5 Å². The zero-order valence-corrected chi connectivity index (χ0v) is 13.8. The van der Waals surface area contributed by atoms with Crippen molar-refractivity contribution in [2.45, 2.75) is 13.5 Å². The molecule has 0 saturated carbocycles. The van der Waals surface area contributed by atoms with Crippen LogP contribution in [0.1, 0.15) is 12.5 Å². The summed E-state index contributed by atoms with van der Waals surface area (Å²) in [6, 6.07) is 16.0. The summed E-state index contributed by atoms with van der Waals surface area (Å²) < 4.78 is 6.82. The van der Waals surface area contributed by atoms with Crippen LogP contribution in [0.25, 0.3) is 0 Å². The highest BCUT2D eigenvalue weighted by Crippen LogP contribution is 2.17. The minimum atomic E-state index is 0.673. The van der Waals surface area contributed by atoms with Crippen LogP contribution in [0.5, 0.6) is 5.75 Å². The van der Waals surface area contributed by atoms with E-state index in [1.54, 1.807) is 0 Å².